The lowest BCUT2D eigenvalue weighted by atomic mass is 9.83. The van der Waals surface area contributed by atoms with Crippen LogP contribution < -0.4 is 10.6 Å². The summed E-state index contributed by atoms with van der Waals surface area (Å²) in [4.78, 5) is 11.9. The molecule has 0 aromatic heterocycles. The molecule has 1 aromatic carbocycles. The van der Waals surface area contributed by atoms with Gasteiger partial charge in [-0.25, -0.2) is 4.79 Å². The maximum atomic E-state index is 11.9. The first kappa shape index (κ1) is 20.1. The van der Waals surface area contributed by atoms with Gasteiger partial charge < -0.3 is 15.4 Å². The topological polar surface area (TPSA) is 50.4 Å². The van der Waals surface area contributed by atoms with Crippen LogP contribution in [0.4, 0.5) is 4.79 Å². The fraction of sp³-hybridized carbons (Fsp3) is 0.650. The van der Waals surface area contributed by atoms with Gasteiger partial charge in [-0.3, -0.25) is 0 Å². The molecule has 25 heavy (non-hydrogen) atoms. The molecule has 140 valence electrons. The van der Waals surface area contributed by atoms with E-state index in [0.717, 1.165) is 23.4 Å². The van der Waals surface area contributed by atoms with Crippen LogP contribution in [0, 0.1) is 5.92 Å². The normalized spacial score (nSPS) is 22.3. The second-order valence-corrected chi connectivity index (χ2v) is 8.35. The Kier molecular flexibility index (Phi) is 7.14. The van der Waals surface area contributed by atoms with E-state index >= 15 is 0 Å². The minimum absolute atomic E-state index is 0.181. The number of benzene rings is 1. The lowest BCUT2D eigenvalue weighted by Gasteiger charge is -2.35. The lowest BCUT2D eigenvalue weighted by Crippen LogP contribution is -2.45. The average molecular weight is 367 g/mol. The molecule has 3 atom stereocenters. The number of carbonyl (C=O) groups is 1. The van der Waals surface area contributed by atoms with Crippen molar-refractivity contribution in [2.24, 2.45) is 5.92 Å². The molecular formula is C20H31ClN2O2. The van der Waals surface area contributed by atoms with Crippen molar-refractivity contribution < 1.29 is 9.53 Å². The molecule has 0 spiro atoms. The van der Waals surface area contributed by atoms with Crippen molar-refractivity contribution in [2.75, 3.05) is 6.54 Å². The van der Waals surface area contributed by atoms with Gasteiger partial charge in [0, 0.05) is 23.7 Å². The Morgan fingerprint density at radius 3 is 2.64 bits per heavy atom. The third-order valence-electron chi connectivity index (χ3n) is 4.65. The van der Waals surface area contributed by atoms with E-state index in [1.807, 2.05) is 39.0 Å². The van der Waals surface area contributed by atoms with E-state index in [-0.39, 0.29) is 12.1 Å². The highest BCUT2D eigenvalue weighted by molar-refractivity contribution is 6.31. The summed E-state index contributed by atoms with van der Waals surface area (Å²) in [5, 5.41) is 7.45. The second-order valence-electron chi connectivity index (χ2n) is 7.94. The number of alkyl carbamates (subject to hydrolysis) is 1. The van der Waals surface area contributed by atoms with Gasteiger partial charge in [0.2, 0.25) is 0 Å². The van der Waals surface area contributed by atoms with Crippen molar-refractivity contribution in [1.82, 2.24) is 10.6 Å². The first-order valence-electron chi connectivity index (χ1n) is 9.23. The standard InChI is InChI=1S/C20H31ClN2O2/c1-14(16-10-6-7-11-17(16)21)23-18-12-8-5-9-15(18)13-22-19(24)25-20(2,3)4/h6-7,10-11,14-15,18,23H,5,8-9,12-13H2,1-4H3,(H,22,24)/t14-,15?,18?/m1/s1. The van der Waals surface area contributed by atoms with Gasteiger partial charge >= 0.3 is 6.09 Å². The molecule has 1 amide bonds. The Balaban J connectivity index is 1.91. The van der Waals surface area contributed by atoms with Gasteiger partial charge in [0.1, 0.15) is 5.60 Å². The Hall–Kier alpha value is -1.26. The lowest BCUT2D eigenvalue weighted by molar-refractivity contribution is 0.0510. The Morgan fingerprint density at radius 2 is 1.96 bits per heavy atom. The fourth-order valence-corrected chi connectivity index (χ4v) is 3.74. The highest BCUT2D eigenvalue weighted by Gasteiger charge is 2.28. The molecule has 1 saturated carbocycles. The van der Waals surface area contributed by atoms with E-state index in [9.17, 15) is 4.79 Å². The van der Waals surface area contributed by atoms with Gasteiger partial charge in [-0.2, -0.15) is 0 Å². The van der Waals surface area contributed by atoms with Gasteiger partial charge in [-0.15, -0.1) is 0 Å². The van der Waals surface area contributed by atoms with Crippen LogP contribution in [0.1, 0.15) is 65.0 Å². The van der Waals surface area contributed by atoms with Crippen LogP contribution in [0.2, 0.25) is 5.02 Å². The van der Waals surface area contributed by atoms with Gasteiger partial charge in [-0.1, -0.05) is 42.6 Å². The SMILES string of the molecule is C[C@@H](NC1CCCCC1CNC(=O)OC(C)(C)C)c1ccccc1Cl. The van der Waals surface area contributed by atoms with E-state index < -0.39 is 5.60 Å². The number of halogens is 1. The fourth-order valence-electron chi connectivity index (χ4n) is 3.44. The highest BCUT2D eigenvalue weighted by atomic mass is 35.5. The van der Waals surface area contributed by atoms with Crippen LogP contribution in [0.15, 0.2) is 24.3 Å². The number of nitrogens with one attached hydrogen (secondary N) is 2. The molecule has 1 aliphatic carbocycles. The van der Waals surface area contributed by atoms with Crippen LogP contribution in [-0.2, 0) is 4.74 Å². The monoisotopic (exact) mass is 366 g/mol. The van der Waals surface area contributed by atoms with Gasteiger partial charge in [0.25, 0.3) is 0 Å². The van der Waals surface area contributed by atoms with Crippen molar-refractivity contribution in [3.63, 3.8) is 0 Å². The molecule has 4 nitrogen and oxygen atoms in total. The second kappa shape index (κ2) is 8.91. The van der Waals surface area contributed by atoms with Crippen LogP contribution in [0.5, 0.6) is 0 Å². The molecule has 2 rings (SSSR count). The summed E-state index contributed by atoms with van der Waals surface area (Å²) >= 11 is 6.32. The minimum atomic E-state index is -0.465. The summed E-state index contributed by atoms with van der Waals surface area (Å²) in [5.74, 6) is 0.409. The van der Waals surface area contributed by atoms with Gasteiger partial charge in [0.15, 0.2) is 0 Å². The minimum Gasteiger partial charge on any atom is -0.444 e. The molecule has 2 N–H and O–H groups in total. The van der Waals surface area contributed by atoms with Crippen LogP contribution in [0.3, 0.4) is 0 Å². The van der Waals surface area contributed by atoms with E-state index in [2.05, 4.69) is 23.6 Å². The van der Waals surface area contributed by atoms with E-state index in [4.69, 9.17) is 16.3 Å². The zero-order valence-electron chi connectivity index (χ0n) is 15.8. The molecule has 2 unspecified atom stereocenters. The van der Waals surface area contributed by atoms with Crippen molar-refractivity contribution in [1.29, 1.82) is 0 Å². The summed E-state index contributed by atoms with van der Waals surface area (Å²) in [5.41, 5.74) is 0.654. The molecule has 0 aliphatic heterocycles. The predicted octanol–water partition coefficient (Wildman–Crippen LogP) is 5.07. The van der Waals surface area contributed by atoms with Crippen molar-refractivity contribution in [3.05, 3.63) is 34.9 Å². The zero-order valence-corrected chi connectivity index (χ0v) is 16.5. The largest absolute Gasteiger partial charge is 0.444 e. The molecule has 0 heterocycles. The highest BCUT2D eigenvalue weighted by Crippen LogP contribution is 2.28. The molecule has 0 radical (unpaired) electrons. The summed E-state index contributed by atoms with van der Waals surface area (Å²) in [6, 6.07) is 8.51. The maximum Gasteiger partial charge on any atom is 0.407 e. The molecule has 0 saturated heterocycles. The Bertz CT molecular complexity index is 571. The first-order valence-corrected chi connectivity index (χ1v) is 9.61. The number of hydrogen-bond acceptors (Lipinski definition) is 3. The van der Waals surface area contributed by atoms with Crippen molar-refractivity contribution >= 4 is 17.7 Å². The summed E-state index contributed by atoms with van der Waals surface area (Å²) in [6.07, 6.45) is 4.32. The number of carbonyl (C=O) groups excluding carboxylic acids is 1. The van der Waals surface area contributed by atoms with Crippen LogP contribution >= 0.6 is 11.6 Å². The van der Waals surface area contributed by atoms with E-state index in [1.165, 1.54) is 12.8 Å². The average Bonchev–Trinajstić information content (AvgIpc) is 2.52. The zero-order chi connectivity index (χ0) is 18.4. The molecular weight excluding hydrogens is 336 g/mol. The van der Waals surface area contributed by atoms with Crippen molar-refractivity contribution in [3.8, 4) is 0 Å². The van der Waals surface area contributed by atoms with E-state index in [0.29, 0.717) is 18.5 Å². The first-order chi connectivity index (χ1) is 11.8. The summed E-state index contributed by atoms with van der Waals surface area (Å²) in [7, 11) is 0. The third kappa shape index (κ3) is 6.52. The van der Waals surface area contributed by atoms with E-state index in [1.54, 1.807) is 0 Å². The molecule has 1 fully saturated rings. The van der Waals surface area contributed by atoms with Crippen molar-refractivity contribution in [2.45, 2.75) is 71.1 Å². The third-order valence-corrected chi connectivity index (χ3v) is 5.00. The quantitative estimate of drug-likeness (QED) is 0.764. The number of hydrogen-bond donors (Lipinski definition) is 2. The van der Waals surface area contributed by atoms with Crippen LogP contribution in [0.25, 0.3) is 0 Å². The number of rotatable bonds is 5. The molecule has 5 heteroatoms. The molecule has 1 aromatic rings. The summed E-state index contributed by atoms with van der Waals surface area (Å²) < 4.78 is 5.34. The maximum absolute atomic E-state index is 11.9. The molecule has 1 aliphatic rings. The van der Waals surface area contributed by atoms with Gasteiger partial charge in [0.05, 0.1) is 0 Å². The van der Waals surface area contributed by atoms with Gasteiger partial charge in [-0.05, 0) is 58.1 Å². The van der Waals surface area contributed by atoms with Crippen LogP contribution in [-0.4, -0.2) is 24.3 Å². The number of amides is 1. The Morgan fingerprint density at radius 1 is 1.28 bits per heavy atom. The number of ether oxygens (including phenoxy) is 1. The Labute approximate surface area is 156 Å². The molecule has 0 bridgehead atoms. The summed E-state index contributed by atoms with van der Waals surface area (Å²) in [6.45, 7) is 8.42. The smallest absolute Gasteiger partial charge is 0.407 e. The predicted molar refractivity (Wildman–Crippen MR) is 103 cm³/mol.